The number of nitrogens with one attached hydrogen (secondary N) is 1. The summed E-state index contributed by atoms with van der Waals surface area (Å²) in [4.78, 5) is 26.8. The van der Waals surface area contributed by atoms with E-state index >= 15 is 0 Å². The van der Waals surface area contributed by atoms with Crippen molar-refractivity contribution in [2.45, 2.75) is 58.7 Å². The summed E-state index contributed by atoms with van der Waals surface area (Å²) in [5.74, 6) is -0.913. The zero-order chi connectivity index (χ0) is 15.3. The summed E-state index contributed by atoms with van der Waals surface area (Å²) in [5, 5.41) is 11.9. The molecule has 1 aliphatic rings. The average molecular weight is 285 g/mol. The summed E-state index contributed by atoms with van der Waals surface area (Å²) < 4.78 is 0. The maximum Gasteiger partial charge on any atom is 0.326 e. The van der Waals surface area contributed by atoms with Crippen LogP contribution < -0.4 is 5.32 Å². The second-order valence-corrected chi connectivity index (χ2v) is 5.85. The molecule has 2 amide bonds. The molecule has 1 saturated heterocycles. The molecule has 116 valence electrons. The molecule has 2 N–H and O–H groups in total. The van der Waals surface area contributed by atoms with Gasteiger partial charge in [-0.25, -0.2) is 9.59 Å². The molecule has 0 radical (unpaired) electrons. The van der Waals surface area contributed by atoms with Crippen molar-refractivity contribution in [3.63, 3.8) is 0 Å². The minimum Gasteiger partial charge on any atom is -0.480 e. The number of likely N-dealkylation sites (tertiary alicyclic amines) is 1. The molecule has 0 aliphatic carbocycles. The van der Waals surface area contributed by atoms with E-state index in [1.165, 1.54) is 4.90 Å². The summed E-state index contributed by atoms with van der Waals surface area (Å²) in [6, 6.07) is -0.0837. The van der Waals surface area contributed by atoms with Crippen molar-refractivity contribution >= 4 is 12.0 Å². The van der Waals surface area contributed by atoms with Crippen molar-refractivity contribution in [2.75, 3.05) is 19.6 Å². The number of carboxylic acid groups (broad SMARTS) is 1. The van der Waals surface area contributed by atoms with Crippen LogP contribution in [0.25, 0.3) is 0 Å². The topological polar surface area (TPSA) is 72.9 Å². The largest absolute Gasteiger partial charge is 0.480 e. The number of carboxylic acids is 1. The van der Waals surface area contributed by atoms with E-state index in [1.807, 2.05) is 0 Å². The minimum absolute atomic E-state index is 0.262. The van der Waals surface area contributed by atoms with Gasteiger partial charge < -0.3 is 15.3 Å². The Hall–Kier alpha value is -1.30. The van der Waals surface area contributed by atoms with Crippen LogP contribution in [0.15, 0.2) is 0 Å². The quantitative estimate of drug-likeness (QED) is 0.773. The van der Waals surface area contributed by atoms with E-state index in [0.29, 0.717) is 31.6 Å². The Bertz CT molecular complexity index is 337. The second kappa shape index (κ2) is 7.47. The number of amides is 2. The Morgan fingerprint density at radius 3 is 2.40 bits per heavy atom. The highest BCUT2D eigenvalue weighted by molar-refractivity contribution is 5.83. The van der Waals surface area contributed by atoms with Crippen molar-refractivity contribution in [2.24, 2.45) is 0 Å². The highest BCUT2D eigenvalue weighted by Crippen LogP contribution is 2.17. The molecule has 20 heavy (non-hydrogen) atoms. The standard InChI is InChI=1S/C14H27N3O3/c1-10(2)16(11(3)4)9-7-15-14(20)17-8-5-6-12(17)13(18)19/h10-12H,5-9H2,1-4H3,(H,15,20)(H,18,19)/t12-/m0/s1. The maximum absolute atomic E-state index is 12.0. The first-order chi connectivity index (χ1) is 9.34. The monoisotopic (exact) mass is 285 g/mol. The van der Waals surface area contributed by atoms with E-state index in [9.17, 15) is 9.59 Å². The van der Waals surface area contributed by atoms with Crippen LogP contribution in [-0.4, -0.2) is 64.7 Å². The Labute approximate surface area is 121 Å². The lowest BCUT2D eigenvalue weighted by Gasteiger charge is -2.31. The molecular weight excluding hydrogens is 258 g/mol. The molecule has 0 aromatic heterocycles. The fourth-order valence-corrected chi connectivity index (χ4v) is 2.77. The highest BCUT2D eigenvalue weighted by atomic mass is 16.4. The van der Waals surface area contributed by atoms with E-state index in [1.54, 1.807) is 0 Å². The molecule has 1 atom stereocenters. The zero-order valence-electron chi connectivity index (χ0n) is 12.9. The third kappa shape index (κ3) is 4.37. The summed E-state index contributed by atoms with van der Waals surface area (Å²) in [6.45, 7) is 10.3. The Balaban J connectivity index is 2.41. The van der Waals surface area contributed by atoms with E-state index in [0.717, 1.165) is 13.0 Å². The molecule has 1 rings (SSSR count). The molecule has 0 unspecified atom stereocenters. The number of carbonyl (C=O) groups excluding carboxylic acids is 1. The summed E-state index contributed by atoms with van der Waals surface area (Å²) in [7, 11) is 0. The van der Waals surface area contributed by atoms with Crippen molar-refractivity contribution in [1.82, 2.24) is 15.1 Å². The first-order valence-electron chi connectivity index (χ1n) is 7.37. The van der Waals surface area contributed by atoms with Crippen LogP contribution in [0.4, 0.5) is 4.79 Å². The van der Waals surface area contributed by atoms with E-state index in [-0.39, 0.29) is 6.03 Å². The lowest BCUT2D eigenvalue weighted by Crippen LogP contribution is -2.48. The van der Waals surface area contributed by atoms with Gasteiger partial charge in [-0.05, 0) is 40.5 Å². The van der Waals surface area contributed by atoms with Gasteiger partial charge in [0.1, 0.15) is 6.04 Å². The maximum atomic E-state index is 12.0. The lowest BCUT2D eigenvalue weighted by atomic mass is 10.2. The van der Waals surface area contributed by atoms with Gasteiger partial charge in [0, 0.05) is 31.7 Å². The van der Waals surface area contributed by atoms with Crippen LogP contribution in [-0.2, 0) is 4.79 Å². The van der Waals surface area contributed by atoms with Gasteiger partial charge in [-0.3, -0.25) is 4.90 Å². The molecule has 0 saturated carbocycles. The van der Waals surface area contributed by atoms with E-state index in [4.69, 9.17) is 5.11 Å². The van der Waals surface area contributed by atoms with Crippen molar-refractivity contribution in [3.05, 3.63) is 0 Å². The smallest absolute Gasteiger partial charge is 0.326 e. The molecule has 6 nitrogen and oxygen atoms in total. The van der Waals surface area contributed by atoms with Crippen LogP contribution in [0.2, 0.25) is 0 Å². The van der Waals surface area contributed by atoms with E-state index in [2.05, 4.69) is 37.9 Å². The molecule has 0 aromatic rings. The highest BCUT2D eigenvalue weighted by Gasteiger charge is 2.33. The summed E-state index contributed by atoms with van der Waals surface area (Å²) in [5.41, 5.74) is 0. The number of carbonyl (C=O) groups is 2. The molecule has 1 aliphatic heterocycles. The average Bonchev–Trinajstić information content (AvgIpc) is 2.82. The van der Waals surface area contributed by atoms with Gasteiger partial charge in [0.2, 0.25) is 0 Å². The van der Waals surface area contributed by atoms with Gasteiger partial charge in [-0.15, -0.1) is 0 Å². The third-order valence-corrected chi connectivity index (χ3v) is 3.77. The summed E-state index contributed by atoms with van der Waals surface area (Å²) >= 11 is 0. The minimum atomic E-state index is -0.913. The van der Waals surface area contributed by atoms with Crippen LogP contribution in [0.5, 0.6) is 0 Å². The molecule has 1 heterocycles. The van der Waals surface area contributed by atoms with Gasteiger partial charge in [0.25, 0.3) is 0 Å². The van der Waals surface area contributed by atoms with Gasteiger partial charge in [-0.2, -0.15) is 0 Å². The molecular formula is C14H27N3O3. The zero-order valence-corrected chi connectivity index (χ0v) is 12.9. The van der Waals surface area contributed by atoms with Crippen LogP contribution in [0, 0.1) is 0 Å². The fraction of sp³-hybridized carbons (Fsp3) is 0.857. The number of nitrogens with zero attached hydrogens (tertiary/aromatic N) is 2. The van der Waals surface area contributed by atoms with Crippen molar-refractivity contribution in [1.29, 1.82) is 0 Å². The molecule has 0 aromatic carbocycles. The van der Waals surface area contributed by atoms with Crippen LogP contribution >= 0.6 is 0 Å². The Morgan fingerprint density at radius 1 is 1.30 bits per heavy atom. The predicted octanol–water partition coefficient (Wildman–Crippen LogP) is 1.36. The Morgan fingerprint density at radius 2 is 1.90 bits per heavy atom. The Kier molecular flexibility index (Phi) is 6.26. The number of hydrogen-bond donors (Lipinski definition) is 2. The lowest BCUT2D eigenvalue weighted by molar-refractivity contribution is -0.141. The molecule has 1 fully saturated rings. The predicted molar refractivity (Wildman–Crippen MR) is 77.7 cm³/mol. The number of urea groups is 1. The van der Waals surface area contributed by atoms with Crippen LogP contribution in [0.3, 0.4) is 0 Å². The third-order valence-electron chi connectivity index (χ3n) is 3.77. The van der Waals surface area contributed by atoms with Gasteiger partial charge in [-0.1, -0.05) is 0 Å². The number of aliphatic carboxylic acids is 1. The molecule has 6 heteroatoms. The number of hydrogen-bond acceptors (Lipinski definition) is 3. The first kappa shape index (κ1) is 16.8. The van der Waals surface area contributed by atoms with E-state index < -0.39 is 12.0 Å². The number of rotatable bonds is 6. The second-order valence-electron chi connectivity index (χ2n) is 5.85. The fourth-order valence-electron chi connectivity index (χ4n) is 2.77. The normalized spacial score (nSPS) is 19.1. The molecule has 0 spiro atoms. The molecule has 0 bridgehead atoms. The SMILES string of the molecule is CC(C)N(CCNC(=O)N1CCC[C@H]1C(=O)O)C(C)C. The van der Waals surface area contributed by atoms with Gasteiger partial charge in [0.05, 0.1) is 0 Å². The first-order valence-corrected chi connectivity index (χ1v) is 7.37. The summed E-state index contributed by atoms with van der Waals surface area (Å²) in [6.07, 6.45) is 1.31. The van der Waals surface area contributed by atoms with Crippen molar-refractivity contribution < 1.29 is 14.7 Å². The van der Waals surface area contributed by atoms with Crippen LogP contribution in [0.1, 0.15) is 40.5 Å². The van der Waals surface area contributed by atoms with Crippen molar-refractivity contribution in [3.8, 4) is 0 Å². The van der Waals surface area contributed by atoms with Gasteiger partial charge >= 0.3 is 12.0 Å². The van der Waals surface area contributed by atoms with Gasteiger partial charge in [0.15, 0.2) is 0 Å².